The number of rotatable bonds is 8. The van der Waals surface area contributed by atoms with Crippen LogP contribution in [0.25, 0.3) is 17.1 Å². The fraction of sp³-hybridized carbons (Fsp3) is 0.407. The maximum absolute atomic E-state index is 11.2. The van der Waals surface area contributed by atoms with E-state index in [1.165, 1.54) is 18.4 Å². The summed E-state index contributed by atoms with van der Waals surface area (Å²) in [6.45, 7) is 1.52. The van der Waals surface area contributed by atoms with Gasteiger partial charge in [-0.25, -0.2) is 9.97 Å². The number of hydrogen-bond donors (Lipinski definition) is 2. The van der Waals surface area contributed by atoms with E-state index >= 15 is 0 Å². The van der Waals surface area contributed by atoms with Crippen molar-refractivity contribution >= 4 is 17.1 Å². The quantitative estimate of drug-likeness (QED) is 0.548. The molecule has 3 unspecified atom stereocenters. The van der Waals surface area contributed by atoms with Crippen LogP contribution in [0.3, 0.4) is 0 Å². The number of ether oxygens (including phenoxy) is 1. The first-order valence-electron chi connectivity index (χ1n) is 11.9. The fourth-order valence-corrected chi connectivity index (χ4v) is 5.44. The molecule has 6 nitrogen and oxygen atoms in total. The highest BCUT2D eigenvalue weighted by molar-refractivity contribution is 5.78. The smallest absolute Gasteiger partial charge is 0.232 e. The number of benzene rings is 2. The SMILES string of the molecule is COc1cnc2cccc(C(O)CN3C4CCC3CC(NC/C=C/c3ccccc3)C4)c2n1. The van der Waals surface area contributed by atoms with E-state index in [4.69, 9.17) is 4.74 Å². The van der Waals surface area contributed by atoms with Crippen molar-refractivity contribution in [3.05, 3.63) is 71.9 Å². The van der Waals surface area contributed by atoms with Crippen LogP contribution in [0.5, 0.6) is 5.88 Å². The minimum absolute atomic E-state index is 0.468. The van der Waals surface area contributed by atoms with Gasteiger partial charge in [0, 0.05) is 36.8 Å². The lowest BCUT2D eigenvalue weighted by Gasteiger charge is -2.40. The van der Waals surface area contributed by atoms with Crippen LogP contribution in [0.2, 0.25) is 0 Å². The van der Waals surface area contributed by atoms with Crippen molar-refractivity contribution in [3.63, 3.8) is 0 Å². The minimum atomic E-state index is -0.600. The highest BCUT2D eigenvalue weighted by Crippen LogP contribution is 2.37. The Bertz CT molecular complexity index is 1090. The fourth-order valence-electron chi connectivity index (χ4n) is 5.44. The average Bonchev–Trinajstić information content (AvgIpc) is 3.08. The van der Waals surface area contributed by atoms with Gasteiger partial charge in [0.05, 0.1) is 30.4 Å². The van der Waals surface area contributed by atoms with Crippen LogP contribution >= 0.6 is 0 Å². The van der Waals surface area contributed by atoms with Crippen LogP contribution < -0.4 is 10.1 Å². The molecule has 3 aromatic rings. The van der Waals surface area contributed by atoms with Crippen LogP contribution in [0, 0.1) is 0 Å². The Balaban J connectivity index is 1.20. The summed E-state index contributed by atoms with van der Waals surface area (Å²) in [5.74, 6) is 0.468. The molecule has 172 valence electrons. The van der Waals surface area contributed by atoms with Crippen LogP contribution in [0.4, 0.5) is 0 Å². The number of para-hydroxylation sites is 1. The molecule has 0 saturated carbocycles. The summed E-state index contributed by atoms with van der Waals surface area (Å²) in [5.41, 5.74) is 3.56. The molecule has 2 bridgehead atoms. The average molecular weight is 445 g/mol. The number of aliphatic hydroxyl groups excluding tert-OH is 1. The summed E-state index contributed by atoms with van der Waals surface area (Å²) in [4.78, 5) is 11.5. The van der Waals surface area contributed by atoms with Crippen molar-refractivity contribution in [2.45, 2.75) is 49.9 Å². The molecule has 2 aromatic carbocycles. The zero-order valence-electron chi connectivity index (χ0n) is 19.1. The van der Waals surface area contributed by atoms with Crippen molar-refractivity contribution in [2.75, 3.05) is 20.2 Å². The molecule has 3 atom stereocenters. The van der Waals surface area contributed by atoms with E-state index in [2.05, 4.69) is 56.6 Å². The molecule has 2 N–H and O–H groups in total. The van der Waals surface area contributed by atoms with Crippen molar-refractivity contribution in [2.24, 2.45) is 0 Å². The zero-order chi connectivity index (χ0) is 22.6. The van der Waals surface area contributed by atoms with Gasteiger partial charge in [-0.05, 0) is 37.3 Å². The molecule has 2 aliphatic rings. The first-order chi connectivity index (χ1) is 16.2. The van der Waals surface area contributed by atoms with Crippen LogP contribution in [-0.2, 0) is 0 Å². The molecular weight excluding hydrogens is 412 g/mol. The van der Waals surface area contributed by atoms with E-state index in [1.54, 1.807) is 13.3 Å². The number of hydrogen-bond acceptors (Lipinski definition) is 6. The van der Waals surface area contributed by atoms with Gasteiger partial charge in [0.15, 0.2) is 0 Å². The molecule has 0 amide bonds. The van der Waals surface area contributed by atoms with Gasteiger partial charge in [0.2, 0.25) is 5.88 Å². The van der Waals surface area contributed by atoms with Gasteiger partial charge in [-0.3, -0.25) is 4.90 Å². The van der Waals surface area contributed by atoms with E-state index in [0.29, 0.717) is 30.6 Å². The number of methoxy groups -OCH3 is 1. The Morgan fingerprint density at radius 3 is 2.67 bits per heavy atom. The van der Waals surface area contributed by atoms with Crippen LogP contribution in [0.1, 0.15) is 42.9 Å². The van der Waals surface area contributed by atoms with Crippen molar-refractivity contribution in [1.29, 1.82) is 0 Å². The number of aromatic nitrogens is 2. The number of aliphatic hydroxyl groups is 1. The number of nitrogens with one attached hydrogen (secondary N) is 1. The first kappa shape index (κ1) is 22.0. The molecule has 33 heavy (non-hydrogen) atoms. The molecule has 0 radical (unpaired) electrons. The van der Waals surface area contributed by atoms with Gasteiger partial charge in [0.25, 0.3) is 0 Å². The molecule has 6 heteroatoms. The van der Waals surface area contributed by atoms with Crippen LogP contribution in [-0.4, -0.2) is 58.3 Å². The molecule has 2 fully saturated rings. The van der Waals surface area contributed by atoms with E-state index < -0.39 is 6.10 Å². The minimum Gasteiger partial charge on any atom is -0.480 e. The summed E-state index contributed by atoms with van der Waals surface area (Å²) in [6, 6.07) is 17.8. The van der Waals surface area contributed by atoms with Gasteiger partial charge in [-0.1, -0.05) is 54.6 Å². The Hall–Kier alpha value is -2.80. The standard InChI is InChI=1S/C27H32N4O2/c1-33-26-17-29-24-11-5-10-23(27(24)30-26)25(32)18-31-21-12-13-22(31)16-20(15-21)28-14-6-9-19-7-3-2-4-8-19/h2-11,17,20-22,25,28,32H,12-16,18H2,1H3/b9-6+. The predicted octanol–water partition coefficient (Wildman–Crippen LogP) is 3.97. The molecule has 3 heterocycles. The monoisotopic (exact) mass is 444 g/mol. The van der Waals surface area contributed by atoms with E-state index in [1.807, 2.05) is 24.3 Å². The van der Waals surface area contributed by atoms with Crippen molar-refractivity contribution < 1.29 is 9.84 Å². The van der Waals surface area contributed by atoms with E-state index in [9.17, 15) is 5.11 Å². The number of nitrogens with zero attached hydrogens (tertiary/aromatic N) is 3. The molecule has 2 saturated heterocycles. The van der Waals surface area contributed by atoms with Gasteiger partial charge < -0.3 is 15.2 Å². The molecule has 2 aliphatic heterocycles. The maximum Gasteiger partial charge on any atom is 0.232 e. The lowest BCUT2D eigenvalue weighted by atomic mass is 9.96. The summed E-state index contributed by atoms with van der Waals surface area (Å²) >= 11 is 0. The molecule has 0 spiro atoms. The highest BCUT2D eigenvalue weighted by Gasteiger charge is 2.41. The van der Waals surface area contributed by atoms with Gasteiger partial charge in [-0.2, -0.15) is 0 Å². The second-order valence-electron chi connectivity index (χ2n) is 9.11. The van der Waals surface area contributed by atoms with E-state index in [0.717, 1.165) is 36.0 Å². The summed E-state index contributed by atoms with van der Waals surface area (Å²) in [7, 11) is 1.59. The lowest BCUT2D eigenvalue weighted by Crippen LogP contribution is -2.50. The van der Waals surface area contributed by atoms with Crippen LogP contribution in [0.15, 0.2) is 60.8 Å². The largest absolute Gasteiger partial charge is 0.480 e. The van der Waals surface area contributed by atoms with E-state index in [-0.39, 0.29) is 0 Å². The maximum atomic E-state index is 11.2. The van der Waals surface area contributed by atoms with Gasteiger partial charge in [-0.15, -0.1) is 0 Å². The first-order valence-corrected chi connectivity index (χ1v) is 11.9. The Morgan fingerprint density at radius 2 is 1.91 bits per heavy atom. The summed E-state index contributed by atoms with van der Waals surface area (Å²) in [5, 5.41) is 14.9. The summed E-state index contributed by atoms with van der Waals surface area (Å²) in [6.07, 6.45) is 10.1. The third-order valence-electron chi connectivity index (χ3n) is 7.05. The normalized spacial score (nSPS) is 23.9. The Morgan fingerprint density at radius 1 is 1.12 bits per heavy atom. The lowest BCUT2D eigenvalue weighted by molar-refractivity contribution is 0.0529. The second-order valence-corrected chi connectivity index (χ2v) is 9.11. The summed E-state index contributed by atoms with van der Waals surface area (Å²) < 4.78 is 5.25. The molecule has 5 rings (SSSR count). The topological polar surface area (TPSA) is 70.5 Å². The van der Waals surface area contributed by atoms with Gasteiger partial charge >= 0.3 is 0 Å². The van der Waals surface area contributed by atoms with Gasteiger partial charge in [0.1, 0.15) is 0 Å². The zero-order valence-corrected chi connectivity index (χ0v) is 19.1. The molecule has 1 aromatic heterocycles. The molecule has 0 aliphatic carbocycles. The highest BCUT2D eigenvalue weighted by atomic mass is 16.5. The Kier molecular flexibility index (Phi) is 6.67. The number of fused-ring (bicyclic) bond motifs is 3. The van der Waals surface area contributed by atoms with Crippen molar-refractivity contribution in [3.8, 4) is 5.88 Å². The van der Waals surface area contributed by atoms with Crippen molar-refractivity contribution in [1.82, 2.24) is 20.2 Å². The number of piperidine rings is 1. The Labute approximate surface area is 195 Å². The third kappa shape index (κ3) is 4.93. The third-order valence-corrected chi connectivity index (χ3v) is 7.05. The molecular formula is C27H32N4O2. The predicted molar refractivity (Wildman–Crippen MR) is 131 cm³/mol. The second kappa shape index (κ2) is 10.00.